The number of aryl methyl sites for hydroxylation is 3. The molecular formula is C33H39Cl2OSiZr. The maximum atomic E-state index is 5.76. The maximum absolute atomic E-state index is 5.76. The summed E-state index contributed by atoms with van der Waals surface area (Å²) in [6.45, 7) is 13.6. The molecule has 1 aliphatic carbocycles. The van der Waals surface area contributed by atoms with Gasteiger partial charge in [0.05, 0.1) is 8.07 Å². The molecule has 2 bridgehead atoms. The first-order chi connectivity index (χ1) is 16.8. The second kappa shape index (κ2) is 13.4. The largest absolute Gasteiger partial charge is 3.00 e. The zero-order valence-electron chi connectivity index (χ0n) is 23.6. The Labute approximate surface area is 261 Å². The third-order valence-corrected chi connectivity index (χ3v) is 12.2. The molecule has 7 rings (SSSR count). The van der Waals surface area contributed by atoms with Crippen molar-refractivity contribution in [2.24, 2.45) is 0 Å². The monoisotopic (exact) mass is 639 g/mol. The van der Waals surface area contributed by atoms with Crippen LogP contribution in [0.2, 0.25) is 13.1 Å². The number of rotatable bonds is 6. The second-order valence-corrected chi connectivity index (χ2v) is 15.7. The molecule has 0 N–H and O–H groups in total. The normalized spacial score (nSPS) is 15.9. The summed E-state index contributed by atoms with van der Waals surface area (Å²) in [5, 5.41) is 4.31. The van der Waals surface area contributed by atoms with Crippen LogP contribution in [-0.2, 0) is 32.6 Å². The molecule has 3 heterocycles. The molecule has 3 aliphatic rings. The van der Waals surface area contributed by atoms with Gasteiger partial charge in [0.15, 0.2) is 0 Å². The first kappa shape index (κ1) is 33.0. The molecule has 4 aromatic rings. The van der Waals surface area contributed by atoms with Gasteiger partial charge in [-0.2, -0.15) is 6.07 Å². The Morgan fingerprint density at radius 2 is 1.61 bits per heavy atom. The second-order valence-electron chi connectivity index (χ2n) is 11.2. The van der Waals surface area contributed by atoms with Crippen LogP contribution >= 0.6 is 0 Å². The van der Waals surface area contributed by atoms with Crippen molar-refractivity contribution in [2.45, 2.75) is 78.4 Å². The Kier molecular flexibility index (Phi) is 11.6. The molecule has 0 saturated carbocycles. The number of allylic oxidation sites excluding steroid dienone is 1. The van der Waals surface area contributed by atoms with Gasteiger partial charge in [0.2, 0.25) is 0 Å². The van der Waals surface area contributed by atoms with Gasteiger partial charge in [-0.25, -0.2) is 0 Å². The van der Waals surface area contributed by atoms with Crippen molar-refractivity contribution in [3.63, 3.8) is 0 Å². The quantitative estimate of drug-likeness (QED) is 0.177. The van der Waals surface area contributed by atoms with Gasteiger partial charge in [-0.05, 0) is 49.1 Å². The van der Waals surface area contributed by atoms with Crippen LogP contribution < -0.4 is 24.8 Å². The van der Waals surface area contributed by atoms with Gasteiger partial charge in [0.1, 0.15) is 11.5 Å². The van der Waals surface area contributed by atoms with Crippen molar-refractivity contribution in [2.75, 3.05) is 0 Å². The summed E-state index contributed by atoms with van der Waals surface area (Å²) in [5.41, 5.74) is 9.33. The number of halogens is 2. The molecule has 1 aromatic heterocycles. The van der Waals surface area contributed by atoms with E-state index in [-0.39, 0.29) is 51.0 Å². The van der Waals surface area contributed by atoms with E-state index in [1.165, 1.54) is 76.5 Å². The van der Waals surface area contributed by atoms with Crippen LogP contribution in [0.5, 0.6) is 0 Å². The zero-order valence-corrected chi connectivity index (χ0v) is 28.5. The minimum absolute atomic E-state index is 0. The third kappa shape index (κ3) is 6.07. The average Bonchev–Trinajstić information content (AvgIpc) is 3.51. The van der Waals surface area contributed by atoms with Gasteiger partial charge >= 0.3 is 26.2 Å². The summed E-state index contributed by atoms with van der Waals surface area (Å²) in [6, 6.07) is 22.6. The third-order valence-electron chi connectivity index (χ3n) is 8.09. The molecule has 199 valence electrons. The van der Waals surface area contributed by atoms with Crippen molar-refractivity contribution in [1.82, 2.24) is 0 Å². The van der Waals surface area contributed by atoms with Crippen LogP contribution in [0.4, 0.5) is 0 Å². The van der Waals surface area contributed by atoms with Gasteiger partial charge in [-0.15, -0.1) is 34.5 Å². The Hall–Kier alpha value is -1.25. The summed E-state index contributed by atoms with van der Waals surface area (Å²) in [4.78, 5) is 0. The first-order valence-corrected chi connectivity index (χ1v) is 16.5. The zero-order chi connectivity index (χ0) is 24.7. The van der Waals surface area contributed by atoms with Crippen molar-refractivity contribution in [3.05, 3.63) is 94.4 Å². The van der Waals surface area contributed by atoms with Crippen LogP contribution in [0.25, 0.3) is 27.1 Å². The molecule has 38 heavy (non-hydrogen) atoms. The molecule has 3 aromatic carbocycles. The fourth-order valence-corrected chi connectivity index (χ4v) is 10.8. The summed E-state index contributed by atoms with van der Waals surface area (Å²) < 4.78 is 5.76. The Morgan fingerprint density at radius 1 is 0.895 bits per heavy atom. The molecule has 1 radical (unpaired) electrons. The minimum Gasteiger partial charge on any atom is -1.00 e. The molecule has 1 atom stereocenters. The van der Waals surface area contributed by atoms with E-state index in [9.17, 15) is 0 Å². The fraction of sp³-hybridized carbons (Fsp3) is 0.364. The van der Waals surface area contributed by atoms with Crippen LogP contribution in [0.15, 0.2) is 70.7 Å². The van der Waals surface area contributed by atoms with E-state index in [2.05, 4.69) is 94.5 Å². The van der Waals surface area contributed by atoms with Gasteiger partial charge in [0, 0.05) is 11.1 Å². The molecule has 0 amide bonds. The summed E-state index contributed by atoms with van der Waals surface area (Å²) in [6.07, 6.45) is 6.54. The van der Waals surface area contributed by atoms with E-state index in [1.807, 2.05) is 6.92 Å². The van der Waals surface area contributed by atoms with E-state index in [1.54, 1.807) is 10.8 Å². The molecule has 0 spiro atoms. The van der Waals surface area contributed by atoms with Gasteiger partial charge < -0.3 is 29.2 Å². The smallest absolute Gasteiger partial charge is 1.00 e. The first-order valence-electron chi connectivity index (χ1n) is 13.4. The van der Waals surface area contributed by atoms with E-state index in [0.717, 1.165) is 11.3 Å². The summed E-state index contributed by atoms with van der Waals surface area (Å²) >= 11 is 0. The SMILES string of the molecule is CC1=C2c3oc(C)cc3C1[Si]2(C)C.CCCCCCc1ccc(-c2cccc3[cH-]c(C)cc23)cc1.[Cl-].[Cl-].[Zr+3]. The summed E-state index contributed by atoms with van der Waals surface area (Å²) in [5.74, 6) is 2.31. The molecule has 1 unspecified atom stereocenters. The molecular weight excluding hydrogens is 603 g/mol. The fourth-order valence-electron chi connectivity index (χ4n) is 6.54. The van der Waals surface area contributed by atoms with E-state index < -0.39 is 8.07 Å². The van der Waals surface area contributed by atoms with Crippen molar-refractivity contribution >= 4 is 24.0 Å². The van der Waals surface area contributed by atoms with E-state index >= 15 is 0 Å². The number of furan rings is 1. The Balaban J connectivity index is 0.000000273. The van der Waals surface area contributed by atoms with Gasteiger partial charge in [0.25, 0.3) is 0 Å². The van der Waals surface area contributed by atoms with Gasteiger partial charge in [-0.3, -0.25) is 0 Å². The minimum atomic E-state index is -1.10. The maximum Gasteiger partial charge on any atom is 3.00 e. The number of fused-ring (bicyclic) bond motifs is 1. The molecule has 1 nitrogen and oxygen atoms in total. The number of unbranched alkanes of at least 4 members (excludes halogenated alkanes) is 3. The molecule has 2 aliphatic heterocycles. The van der Waals surface area contributed by atoms with E-state index in [4.69, 9.17) is 4.42 Å². The number of hydrogen-bond acceptors (Lipinski definition) is 1. The van der Waals surface area contributed by atoms with Crippen molar-refractivity contribution in [1.29, 1.82) is 0 Å². The van der Waals surface area contributed by atoms with Crippen molar-refractivity contribution < 1.29 is 55.4 Å². The van der Waals surface area contributed by atoms with E-state index in [0.29, 0.717) is 0 Å². The topological polar surface area (TPSA) is 13.1 Å². The van der Waals surface area contributed by atoms with Crippen LogP contribution in [0, 0.1) is 13.8 Å². The standard InChI is InChI=1S/C22H25.C11H14OSi.2ClH.Zr/c1-3-4-5-6-8-18-11-13-19(14-12-18)21-10-7-9-20-15-17(2)16-22(20)21;1-6-5-8-9(12-6)11-7(2)10(8)13(11,3)4;;;/h7,9-16H,3-6,8H2,1-2H3;5,10H,1-4H3;2*1H;/q-1;;;;+3/p-2. The Morgan fingerprint density at radius 3 is 2.24 bits per heavy atom. The number of hydrogen-bond donors (Lipinski definition) is 0. The van der Waals surface area contributed by atoms with Crippen LogP contribution in [-0.4, -0.2) is 8.07 Å². The average molecular weight is 642 g/mol. The van der Waals surface area contributed by atoms with Crippen LogP contribution in [0.1, 0.15) is 73.3 Å². The molecule has 5 heteroatoms. The molecule has 0 saturated heterocycles. The van der Waals surface area contributed by atoms with Gasteiger partial charge in [-0.1, -0.05) is 87.7 Å². The predicted molar refractivity (Wildman–Crippen MR) is 154 cm³/mol. The summed E-state index contributed by atoms with van der Waals surface area (Å²) in [7, 11) is -1.10. The predicted octanol–water partition coefficient (Wildman–Crippen LogP) is 3.92. The van der Waals surface area contributed by atoms with Crippen LogP contribution in [0.3, 0.4) is 0 Å². The molecule has 0 fully saturated rings. The number of benzene rings is 2. The van der Waals surface area contributed by atoms with Crippen molar-refractivity contribution in [3.8, 4) is 11.1 Å². The Bertz CT molecular complexity index is 1390.